The molecule has 0 atom stereocenters. The van der Waals surface area contributed by atoms with Gasteiger partial charge in [-0.3, -0.25) is 4.79 Å². The highest BCUT2D eigenvalue weighted by molar-refractivity contribution is 5.79. The van der Waals surface area contributed by atoms with Crippen LogP contribution >= 0.6 is 0 Å². The number of methoxy groups -OCH3 is 3. The second-order valence-corrected chi connectivity index (χ2v) is 3.66. The van der Waals surface area contributed by atoms with E-state index in [9.17, 15) is 4.79 Å². The van der Waals surface area contributed by atoms with Crippen molar-refractivity contribution in [2.45, 2.75) is 13.3 Å². The summed E-state index contributed by atoms with van der Waals surface area (Å²) in [4.78, 5) is 11.5. The van der Waals surface area contributed by atoms with Crippen LogP contribution in [0.4, 0.5) is 0 Å². The Kier molecular flexibility index (Phi) is 5.30. The maximum absolute atomic E-state index is 11.5. The number of likely N-dealkylation sites (N-methyl/N-ethyl adjacent to an activating group) is 1. The largest absolute Gasteiger partial charge is 0.493 e. The van der Waals surface area contributed by atoms with Crippen LogP contribution < -0.4 is 19.5 Å². The fourth-order valence-corrected chi connectivity index (χ4v) is 1.68. The highest BCUT2D eigenvalue weighted by atomic mass is 16.5. The Morgan fingerprint density at radius 2 is 1.67 bits per heavy atom. The van der Waals surface area contributed by atoms with E-state index >= 15 is 0 Å². The zero-order valence-corrected chi connectivity index (χ0v) is 11.2. The summed E-state index contributed by atoms with van der Waals surface area (Å²) in [6, 6.07) is 3.55. The van der Waals surface area contributed by atoms with Gasteiger partial charge in [-0.15, -0.1) is 0 Å². The average molecular weight is 253 g/mol. The monoisotopic (exact) mass is 253 g/mol. The number of amides is 1. The summed E-state index contributed by atoms with van der Waals surface area (Å²) in [6.45, 7) is 2.50. The fourth-order valence-electron chi connectivity index (χ4n) is 1.68. The first-order valence-corrected chi connectivity index (χ1v) is 5.71. The van der Waals surface area contributed by atoms with Crippen LogP contribution in [0.15, 0.2) is 12.1 Å². The van der Waals surface area contributed by atoms with Gasteiger partial charge >= 0.3 is 0 Å². The van der Waals surface area contributed by atoms with Crippen molar-refractivity contribution in [2.75, 3.05) is 27.9 Å². The lowest BCUT2D eigenvalue weighted by atomic mass is 10.1. The predicted molar refractivity (Wildman–Crippen MR) is 68.5 cm³/mol. The molecule has 18 heavy (non-hydrogen) atoms. The number of carbonyl (C=O) groups excluding carboxylic acids is 1. The summed E-state index contributed by atoms with van der Waals surface area (Å²) in [5.74, 6) is 1.60. The number of hydrogen-bond acceptors (Lipinski definition) is 4. The summed E-state index contributed by atoms with van der Waals surface area (Å²) >= 11 is 0. The molecule has 1 amide bonds. The van der Waals surface area contributed by atoms with Gasteiger partial charge in [-0.2, -0.15) is 0 Å². The SMILES string of the molecule is CCNC(=O)Cc1cc(OC)c(OC)c(OC)c1. The van der Waals surface area contributed by atoms with Crippen molar-refractivity contribution in [1.29, 1.82) is 0 Å². The molecule has 5 nitrogen and oxygen atoms in total. The third-order valence-electron chi connectivity index (χ3n) is 2.46. The van der Waals surface area contributed by atoms with Gasteiger partial charge in [-0.1, -0.05) is 0 Å². The Morgan fingerprint density at radius 1 is 1.11 bits per heavy atom. The predicted octanol–water partition coefficient (Wildman–Crippen LogP) is 1.39. The molecule has 0 aliphatic heterocycles. The molecule has 0 unspecified atom stereocenters. The first-order chi connectivity index (χ1) is 8.65. The molecule has 0 aliphatic carbocycles. The molecule has 1 N–H and O–H groups in total. The van der Waals surface area contributed by atoms with Gasteiger partial charge in [-0.25, -0.2) is 0 Å². The van der Waals surface area contributed by atoms with E-state index in [1.165, 1.54) is 0 Å². The summed E-state index contributed by atoms with van der Waals surface area (Å²) in [6.07, 6.45) is 0.282. The van der Waals surface area contributed by atoms with Gasteiger partial charge in [0.1, 0.15) is 0 Å². The smallest absolute Gasteiger partial charge is 0.224 e. The molecule has 1 aromatic rings. The van der Waals surface area contributed by atoms with Crippen molar-refractivity contribution in [1.82, 2.24) is 5.32 Å². The molecule has 1 aromatic carbocycles. The quantitative estimate of drug-likeness (QED) is 0.832. The average Bonchev–Trinajstić information content (AvgIpc) is 2.37. The molecule has 0 aromatic heterocycles. The van der Waals surface area contributed by atoms with Gasteiger partial charge in [0.25, 0.3) is 0 Å². The second kappa shape index (κ2) is 6.74. The van der Waals surface area contributed by atoms with Crippen LogP contribution in [0.25, 0.3) is 0 Å². The third-order valence-corrected chi connectivity index (χ3v) is 2.46. The molecule has 0 fully saturated rings. The number of hydrogen-bond donors (Lipinski definition) is 1. The van der Waals surface area contributed by atoms with E-state index in [0.717, 1.165) is 5.56 Å². The number of benzene rings is 1. The van der Waals surface area contributed by atoms with Crippen molar-refractivity contribution in [3.8, 4) is 17.2 Å². The van der Waals surface area contributed by atoms with E-state index in [-0.39, 0.29) is 12.3 Å². The molecule has 0 heterocycles. The van der Waals surface area contributed by atoms with E-state index in [4.69, 9.17) is 14.2 Å². The minimum Gasteiger partial charge on any atom is -0.493 e. The van der Waals surface area contributed by atoms with E-state index in [0.29, 0.717) is 23.8 Å². The second-order valence-electron chi connectivity index (χ2n) is 3.66. The molecule has 0 radical (unpaired) electrons. The third kappa shape index (κ3) is 3.29. The highest BCUT2D eigenvalue weighted by Crippen LogP contribution is 2.38. The molecule has 100 valence electrons. The van der Waals surface area contributed by atoms with Crippen molar-refractivity contribution in [2.24, 2.45) is 0 Å². The van der Waals surface area contributed by atoms with Gasteiger partial charge in [-0.05, 0) is 24.6 Å². The van der Waals surface area contributed by atoms with Crippen LogP contribution in [0.2, 0.25) is 0 Å². The molecular formula is C13H19NO4. The molecule has 0 saturated carbocycles. The molecule has 0 spiro atoms. The molecule has 5 heteroatoms. The van der Waals surface area contributed by atoms with Crippen molar-refractivity contribution in [3.05, 3.63) is 17.7 Å². The number of ether oxygens (including phenoxy) is 3. The van der Waals surface area contributed by atoms with E-state index in [2.05, 4.69) is 5.32 Å². The van der Waals surface area contributed by atoms with Gasteiger partial charge in [0.2, 0.25) is 11.7 Å². The van der Waals surface area contributed by atoms with Gasteiger partial charge < -0.3 is 19.5 Å². The van der Waals surface area contributed by atoms with Crippen LogP contribution in [0, 0.1) is 0 Å². The first-order valence-electron chi connectivity index (χ1n) is 5.71. The molecule has 0 bridgehead atoms. The van der Waals surface area contributed by atoms with Gasteiger partial charge in [0.15, 0.2) is 11.5 Å². The minimum atomic E-state index is -0.0354. The molecule has 0 saturated heterocycles. The van der Waals surface area contributed by atoms with Crippen LogP contribution in [-0.2, 0) is 11.2 Å². The van der Waals surface area contributed by atoms with Crippen LogP contribution in [0.1, 0.15) is 12.5 Å². The maximum Gasteiger partial charge on any atom is 0.224 e. The fraction of sp³-hybridized carbons (Fsp3) is 0.462. The lowest BCUT2D eigenvalue weighted by molar-refractivity contribution is -0.120. The summed E-state index contributed by atoms with van der Waals surface area (Å²) < 4.78 is 15.7. The zero-order valence-electron chi connectivity index (χ0n) is 11.2. The number of nitrogens with one attached hydrogen (secondary N) is 1. The number of rotatable bonds is 6. The summed E-state index contributed by atoms with van der Waals surface area (Å²) in [5, 5.41) is 2.75. The Balaban J connectivity index is 3.03. The van der Waals surface area contributed by atoms with Crippen LogP contribution in [0.3, 0.4) is 0 Å². The van der Waals surface area contributed by atoms with Crippen molar-refractivity contribution >= 4 is 5.91 Å². The Morgan fingerprint density at radius 3 is 2.06 bits per heavy atom. The highest BCUT2D eigenvalue weighted by Gasteiger charge is 2.14. The maximum atomic E-state index is 11.5. The van der Waals surface area contributed by atoms with Crippen LogP contribution in [-0.4, -0.2) is 33.8 Å². The topological polar surface area (TPSA) is 56.8 Å². The molecule has 1 rings (SSSR count). The zero-order chi connectivity index (χ0) is 13.5. The Hall–Kier alpha value is -1.91. The van der Waals surface area contributed by atoms with Gasteiger partial charge in [0, 0.05) is 6.54 Å². The van der Waals surface area contributed by atoms with Gasteiger partial charge in [0.05, 0.1) is 27.8 Å². The lowest BCUT2D eigenvalue weighted by Crippen LogP contribution is -2.24. The Bertz CT molecular complexity index is 392. The van der Waals surface area contributed by atoms with E-state index in [1.54, 1.807) is 33.5 Å². The Labute approximate surface area is 107 Å². The molecular weight excluding hydrogens is 234 g/mol. The minimum absolute atomic E-state index is 0.0354. The van der Waals surface area contributed by atoms with E-state index < -0.39 is 0 Å². The first kappa shape index (κ1) is 14.2. The number of carbonyl (C=O) groups is 1. The standard InChI is InChI=1S/C13H19NO4/c1-5-14-12(15)8-9-6-10(16-2)13(18-4)11(7-9)17-3/h6-7H,5,8H2,1-4H3,(H,14,15). The van der Waals surface area contributed by atoms with E-state index in [1.807, 2.05) is 6.92 Å². The lowest BCUT2D eigenvalue weighted by Gasteiger charge is -2.14. The summed E-state index contributed by atoms with van der Waals surface area (Å²) in [7, 11) is 4.64. The van der Waals surface area contributed by atoms with Crippen molar-refractivity contribution < 1.29 is 19.0 Å². The normalized spacial score (nSPS) is 9.78. The molecule has 0 aliphatic rings. The van der Waals surface area contributed by atoms with Crippen LogP contribution in [0.5, 0.6) is 17.2 Å². The summed E-state index contributed by atoms with van der Waals surface area (Å²) in [5.41, 5.74) is 0.815. The van der Waals surface area contributed by atoms with Crippen molar-refractivity contribution in [3.63, 3.8) is 0 Å².